The largest absolute Gasteiger partial charge is 0.443 e. The third kappa shape index (κ3) is 2.35. The van der Waals surface area contributed by atoms with E-state index in [1.165, 1.54) is 4.90 Å². The van der Waals surface area contributed by atoms with Crippen LogP contribution in [0, 0.1) is 0 Å². The van der Waals surface area contributed by atoms with Crippen molar-refractivity contribution in [3.8, 4) is 0 Å². The summed E-state index contributed by atoms with van der Waals surface area (Å²) in [6.45, 7) is 7.37. The average molecular weight is 276 g/mol. The second-order valence-electron chi connectivity index (χ2n) is 6.28. The van der Waals surface area contributed by atoms with E-state index >= 15 is 0 Å². The second-order valence-corrected chi connectivity index (χ2v) is 6.28. The highest BCUT2D eigenvalue weighted by atomic mass is 16.6. The van der Waals surface area contributed by atoms with Gasteiger partial charge in [-0.3, -0.25) is 9.69 Å². The number of benzene rings is 1. The van der Waals surface area contributed by atoms with Crippen LogP contribution in [0.4, 0.5) is 10.5 Å². The number of rotatable bonds is 1. The topological polar surface area (TPSA) is 72.6 Å². The van der Waals surface area contributed by atoms with E-state index in [4.69, 9.17) is 10.5 Å². The van der Waals surface area contributed by atoms with Gasteiger partial charge in [0.1, 0.15) is 5.60 Å². The molecule has 1 aliphatic rings. The van der Waals surface area contributed by atoms with E-state index in [0.717, 1.165) is 5.56 Å². The van der Waals surface area contributed by atoms with Crippen LogP contribution in [-0.4, -0.2) is 24.1 Å². The molecule has 5 heteroatoms. The molecule has 0 saturated heterocycles. The highest BCUT2D eigenvalue weighted by Crippen LogP contribution is 2.40. The van der Waals surface area contributed by atoms with Gasteiger partial charge in [0.25, 0.3) is 0 Å². The fourth-order valence-electron chi connectivity index (χ4n) is 2.35. The summed E-state index contributed by atoms with van der Waals surface area (Å²) >= 11 is 0. The summed E-state index contributed by atoms with van der Waals surface area (Å²) in [6, 6.07) is 7.28. The molecule has 2 N–H and O–H groups in total. The molecule has 0 fully saturated rings. The van der Waals surface area contributed by atoms with Gasteiger partial charge in [-0.1, -0.05) is 18.2 Å². The second kappa shape index (κ2) is 4.51. The number of fused-ring (bicyclic) bond motifs is 1. The Hall–Kier alpha value is -2.04. The van der Waals surface area contributed by atoms with Gasteiger partial charge in [0.05, 0.1) is 11.1 Å². The molecule has 1 aromatic rings. The van der Waals surface area contributed by atoms with Crippen molar-refractivity contribution in [1.82, 2.24) is 0 Å². The Morgan fingerprint density at radius 2 is 1.90 bits per heavy atom. The molecule has 108 valence electrons. The van der Waals surface area contributed by atoms with E-state index in [0.29, 0.717) is 5.69 Å². The quantitative estimate of drug-likeness (QED) is 0.854. The number of hydrogen-bond donors (Lipinski definition) is 1. The molecule has 0 saturated carbocycles. The molecule has 0 radical (unpaired) electrons. The van der Waals surface area contributed by atoms with E-state index in [2.05, 4.69) is 0 Å². The summed E-state index contributed by atoms with van der Waals surface area (Å²) in [7, 11) is 0. The Morgan fingerprint density at radius 1 is 1.30 bits per heavy atom. The van der Waals surface area contributed by atoms with Crippen molar-refractivity contribution in [2.75, 3.05) is 11.4 Å². The maximum Gasteiger partial charge on any atom is 0.414 e. The van der Waals surface area contributed by atoms with Crippen molar-refractivity contribution in [1.29, 1.82) is 0 Å². The number of hydrogen-bond acceptors (Lipinski definition) is 3. The number of carbonyl (C=O) groups is 2. The summed E-state index contributed by atoms with van der Waals surface area (Å²) in [4.78, 5) is 25.5. The molecule has 0 spiro atoms. The molecule has 2 amide bonds. The lowest BCUT2D eigenvalue weighted by Crippen LogP contribution is -2.45. The van der Waals surface area contributed by atoms with Crippen LogP contribution in [0.25, 0.3) is 0 Å². The van der Waals surface area contributed by atoms with Gasteiger partial charge in [-0.05, 0) is 39.3 Å². The maximum absolute atomic E-state index is 12.3. The van der Waals surface area contributed by atoms with Crippen LogP contribution in [0.1, 0.15) is 33.3 Å². The Balaban J connectivity index is 2.40. The Kier molecular flexibility index (Phi) is 3.24. The van der Waals surface area contributed by atoms with E-state index in [9.17, 15) is 9.59 Å². The number of nitrogens with two attached hydrogens (primary N) is 1. The van der Waals surface area contributed by atoms with Gasteiger partial charge in [-0.15, -0.1) is 0 Å². The Morgan fingerprint density at radius 3 is 2.45 bits per heavy atom. The fraction of sp³-hybridized carbons (Fsp3) is 0.467. The van der Waals surface area contributed by atoms with Gasteiger partial charge in [-0.25, -0.2) is 4.79 Å². The summed E-state index contributed by atoms with van der Waals surface area (Å²) in [6.07, 6.45) is -0.463. The highest BCUT2D eigenvalue weighted by molar-refractivity contribution is 5.99. The minimum absolute atomic E-state index is 0.205. The first kappa shape index (κ1) is 14.4. The van der Waals surface area contributed by atoms with Crippen molar-refractivity contribution < 1.29 is 14.3 Å². The predicted molar refractivity (Wildman–Crippen MR) is 76.6 cm³/mol. The van der Waals surface area contributed by atoms with Gasteiger partial charge in [0.15, 0.2) is 0 Å². The normalized spacial score (nSPS) is 21.5. The van der Waals surface area contributed by atoms with Crippen molar-refractivity contribution in [3.63, 3.8) is 0 Å². The molecular weight excluding hydrogens is 256 g/mol. The standard InChI is InChI=1S/C15H20N2O3/c1-14(2,3)20-13(19)17-9-15(4,12(16)18)10-7-5-6-8-11(10)17/h5-8H,9H2,1-4H3,(H2,16,18). The van der Waals surface area contributed by atoms with Crippen LogP contribution < -0.4 is 10.6 Å². The monoisotopic (exact) mass is 276 g/mol. The van der Waals surface area contributed by atoms with Crippen molar-refractivity contribution in [2.45, 2.75) is 38.7 Å². The average Bonchev–Trinajstić information content (AvgIpc) is 2.63. The summed E-state index contributed by atoms with van der Waals surface area (Å²) in [5, 5.41) is 0. The molecule has 1 aliphatic heterocycles. The third-order valence-electron chi connectivity index (χ3n) is 3.42. The lowest BCUT2D eigenvalue weighted by atomic mass is 9.84. The first-order valence-electron chi connectivity index (χ1n) is 6.55. The maximum atomic E-state index is 12.3. The molecule has 2 rings (SSSR count). The lowest BCUT2D eigenvalue weighted by Gasteiger charge is -2.26. The first-order valence-corrected chi connectivity index (χ1v) is 6.55. The number of amides is 2. The van der Waals surface area contributed by atoms with Crippen LogP contribution in [-0.2, 0) is 14.9 Å². The molecular formula is C15H20N2O3. The molecule has 5 nitrogen and oxygen atoms in total. The Labute approximate surface area is 118 Å². The van der Waals surface area contributed by atoms with E-state index < -0.39 is 23.0 Å². The van der Waals surface area contributed by atoms with Crippen LogP contribution in [0.3, 0.4) is 0 Å². The number of anilines is 1. The molecule has 0 aromatic heterocycles. The van der Waals surface area contributed by atoms with Crippen LogP contribution >= 0.6 is 0 Å². The fourth-order valence-corrected chi connectivity index (χ4v) is 2.35. The number of para-hydroxylation sites is 1. The lowest BCUT2D eigenvalue weighted by molar-refractivity contribution is -0.122. The summed E-state index contributed by atoms with van der Waals surface area (Å²) in [5.74, 6) is -0.448. The van der Waals surface area contributed by atoms with Crippen LogP contribution in [0.2, 0.25) is 0 Å². The number of carbonyl (C=O) groups excluding carboxylic acids is 2. The molecule has 1 atom stereocenters. The SMILES string of the molecule is CC(C)(C)OC(=O)N1CC(C)(C(N)=O)c2ccccc21. The van der Waals surface area contributed by atoms with Crippen LogP contribution in [0.15, 0.2) is 24.3 Å². The zero-order chi connectivity index (χ0) is 15.1. The molecule has 1 aromatic carbocycles. The van der Waals surface area contributed by atoms with E-state index in [-0.39, 0.29) is 6.54 Å². The third-order valence-corrected chi connectivity index (χ3v) is 3.42. The highest BCUT2D eigenvalue weighted by Gasteiger charge is 2.46. The van der Waals surface area contributed by atoms with E-state index in [1.54, 1.807) is 33.8 Å². The molecule has 20 heavy (non-hydrogen) atoms. The van der Waals surface area contributed by atoms with Gasteiger partial charge >= 0.3 is 6.09 Å². The predicted octanol–water partition coefficient (Wildman–Crippen LogP) is 2.18. The number of nitrogens with zero attached hydrogens (tertiary/aromatic N) is 1. The number of ether oxygens (including phenoxy) is 1. The first-order chi connectivity index (χ1) is 9.15. The zero-order valence-corrected chi connectivity index (χ0v) is 12.3. The summed E-state index contributed by atoms with van der Waals surface area (Å²) < 4.78 is 5.39. The molecule has 0 aliphatic carbocycles. The number of primary amides is 1. The van der Waals surface area contributed by atoms with Gasteiger partial charge < -0.3 is 10.5 Å². The summed E-state index contributed by atoms with van der Waals surface area (Å²) in [5.41, 5.74) is 5.50. The molecule has 1 unspecified atom stereocenters. The Bertz CT molecular complexity index is 562. The molecule has 1 heterocycles. The molecule has 0 bridgehead atoms. The smallest absolute Gasteiger partial charge is 0.414 e. The minimum Gasteiger partial charge on any atom is -0.443 e. The van der Waals surface area contributed by atoms with Gasteiger partial charge in [0.2, 0.25) is 5.91 Å². The van der Waals surface area contributed by atoms with Crippen molar-refractivity contribution in [3.05, 3.63) is 29.8 Å². The van der Waals surface area contributed by atoms with Crippen molar-refractivity contribution in [2.24, 2.45) is 5.73 Å². The van der Waals surface area contributed by atoms with Crippen molar-refractivity contribution >= 4 is 17.7 Å². The zero-order valence-electron chi connectivity index (χ0n) is 12.3. The van der Waals surface area contributed by atoms with Crippen LogP contribution in [0.5, 0.6) is 0 Å². The van der Waals surface area contributed by atoms with Gasteiger partial charge in [0, 0.05) is 6.54 Å². The van der Waals surface area contributed by atoms with E-state index in [1.807, 2.05) is 18.2 Å². The van der Waals surface area contributed by atoms with Gasteiger partial charge in [-0.2, -0.15) is 0 Å². The minimum atomic E-state index is -0.881.